The first-order valence-corrected chi connectivity index (χ1v) is 10.9. The maximum atomic E-state index is 13.5. The average molecular weight is 407 g/mol. The molecule has 1 aliphatic carbocycles. The van der Waals surface area contributed by atoms with Crippen LogP contribution in [0, 0.1) is 11.3 Å². The van der Waals surface area contributed by atoms with Crippen molar-refractivity contribution in [2.75, 3.05) is 19.7 Å². The van der Waals surface area contributed by atoms with Crippen LogP contribution in [-0.4, -0.2) is 42.4 Å². The van der Waals surface area contributed by atoms with Crippen LogP contribution in [0.15, 0.2) is 60.7 Å². The van der Waals surface area contributed by atoms with Gasteiger partial charge in [0.25, 0.3) is 0 Å². The molecule has 1 saturated heterocycles. The summed E-state index contributed by atoms with van der Waals surface area (Å²) in [5.74, 6) is -0.495. The van der Waals surface area contributed by atoms with Gasteiger partial charge in [0.05, 0.1) is 6.61 Å². The molecule has 1 heterocycles. The molecule has 2 fully saturated rings. The third-order valence-corrected chi connectivity index (χ3v) is 6.45. The number of piperidine rings is 1. The quantitative estimate of drug-likeness (QED) is 0.565. The number of ketones is 1. The molecule has 2 aromatic rings. The van der Waals surface area contributed by atoms with Crippen LogP contribution in [0.2, 0.25) is 0 Å². The molecule has 0 aromatic heterocycles. The number of hydrogen-bond acceptors (Lipinski definition) is 5. The molecule has 5 nitrogen and oxygen atoms in total. The Hall–Kier alpha value is -2.50. The normalized spacial score (nSPS) is 26.4. The van der Waals surface area contributed by atoms with E-state index in [4.69, 9.17) is 4.74 Å². The van der Waals surface area contributed by atoms with Crippen molar-refractivity contribution in [2.45, 2.75) is 38.9 Å². The lowest BCUT2D eigenvalue weighted by molar-refractivity contribution is -0.171. The summed E-state index contributed by atoms with van der Waals surface area (Å²) in [6, 6.07) is 20.5. The summed E-state index contributed by atoms with van der Waals surface area (Å²) in [7, 11) is 0. The molecule has 3 atom stereocenters. The Morgan fingerprint density at radius 3 is 2.43 bits per heavy atom. The number of nitrogens with one attached hydrogen (secondary N) is 1. The maximum Gasteiger partial charge on any atom is 0.320 e. The van der Waals surface area contributed by atoms with Gasteiger partial charge in [-0.15, -0.1) is 0 Å². The molecule has 3 unspecified atom stereocenters. The lowest BCUT2D eigenvalue weighted by atomic mass is 9.63. The lowest BCUT2D eigenvalue weighted by Gasteiger charge is -2.49. The zero-order chi connectivity index (χ0) is 21.0. The van der Waals surface area contributed by atoms with Crippen molar-refractivity contribution in [2.24, 2.45) is 11.3 Å². The van der Waals surface area contributed by atoms with Crippen LogP contribution in [0.4, 0.5) is 0 Å². The average Bonchev–Trinajstić information content (AvgIpc) is 2.76. The number of hydrogen-bond donors (Lipinski definition) is 1. The van der Waals surface area contributed by atoms with Gasteiger partial charge in [-0.05, 0) is 30.9 Å². The maximum absolute atomic E-state index is 13.5. The summed E-state index contributed by atoms with van der Waals surface area (Å²) in [5.41, 5.74) is 1.36. The van der Waals surface area contributed by atoms with E-state index in [0.717, 1.165) is 19.5 Å². The fourth-order valence-corrected chi connectivity index (χ4v) is 4.94. The molecular weight excluding hydrogens is 376 g/mol. The van der Waals surface area contributed by atoms with Crippen LogP contribution in [-0.2, 0) is 27.4 Å². The van der Waals surface area contributed by atoms with Crippen molar-refractivity contribution in [3.8, 4) is 0 Å². The van der Waals surface area contributed by atoms with Crippen LogP contribution < -0.4 is 5.32 Å². The molecule has 0 spiro atoms. The smallest absolute Gasteiger partial charge is 0.320 e. The van der Waals surface area contributed by atoms with Crippen molar-refractivity contribution in [3.63, 3.8) is 0 Å². The summed E-state index contributed by atoms with van der Waals surface area (Å²) >= 11 is 0. The van der Waals surface area contributed by atoms with E-state index in [9.17, 15) is 9.59 Å². The number of fused-ring (bicyclic) bond motifs is 2. The Balaban J connectivity index is 1.54. The zero-order valence-electron chi connectivity index (χ0n) is 17.5. The van der Waals surface area contributed by atoms with Gasteiger partial charge >= 0.3 is 5.97 Å². The minimum Gasteiger partial charge on any atom is -0.465 e. The molecule has 1 N–H and O–H groups in total. The number of rotatable bonds is 7. The second-order valence-electron chi connectivity index (χ2n) is 8.44. The van der Waals surface area contributed by atoms with Crippen LogP contribution in [0.5, 0.6) is 0 Å². The highest BCUT2D eigenvalue weighted by atomic mass is 16.5. The minimum atomic E-state index is -1.03. The molecule has 158 valence electrons. The molecule has 5 heteroatoms. The van der Waals surface area contributed by atoms with Crippen LogP contribution >= 0.6 is 0 Å². The number of nitrogens with zero attached hydrogens (tertiary/aromatic N) is 1. The predicted octanol–water partition coefficient (Wildman–Crippen LogP) is 3.19. The molecule has 0 amide bonds. The largest absolute Gasteiger partial charge is 0.465 e. The number of ether oxygens (including phenoxy) is 1. The molecule has 4 rings (SSSR count). The molecule has 30 heavy (non-hydrogen) atoms. The van der Waals surface area contributed by atoms with Crippen LogP contribution in [0.25, 0.3) is 0 Å². The Labute approximate surface area is 178 Å². The van der Waals surface area contributed by atoms with E-state index in [1.54, 1.807) is 6.92 Å². The fraction of sp³-hybridized carbons (Fsp3) is 0.440. The Kier molecular flexibility index (Phi) is 6.30. The van der Waals surface area contributed by atoms with Crippen molar-refractivity contribution in [3.05, 3.63) is 71.8 Å². The number of carbonyl (C=O) groups excluding carboxylic acids is 2. The van der Waals surface area contributed by atoms with Crippen LogP contribution in [0.1, 0.15) is 30.9 Å². The highest BCUT2D eigenvalue weighted by Gasteiger charge is 2.58. The van der Waals surface area contributed by atoms with E-state index in [-0.39, 0.29) is 23.7 Å². The minimum absolute atomic E-state index is 0.0575. The van der Waals surface area contributed by atoms with E-state index >= 15 is 0 Å². The first kappa shape index (κ1) is 20.8. The number of likely N-dealkylation sites (tertiary alicyclic amines) is 1. The fourth-order valence-electron chi connectivity index (χ4n) is 4.94. The highest BCUT2D eigenvalue weighted by Crippen LogP contribution is 2.43. The molecule has 1 aliphatic heterocycles. The van der Waals surface area contributed by atoms with E-state index in [1.807, 2.05) is 36.4 Å². The van der Waals surface area contributed by atoms with Gasteiger partial charge in [0.15, 0.2) is 5.78 Å². The van der Waals surface area contributed by atoms with Gasteiger partial charge in [-0.2, -0.15) is 0 Å². The molecule has 0 radical (unpaired) electrons. The van der Waals surface area contributed by atoms with Gasteiger partial charge in [-0.25, -0.2) is 0 Å². The second kappa shape index (κ2) is 9.11. The summed E-state index contributed by atoms with van der Waals surface area (Å²) in [6.45, 7) is 4.67. The lowest BCUT2D eigenvalue weighted by Crippen LogP contribution is -2.65. The molecule has 1 saturated carbocycles. The van der Waals surface area contributed by atoms with Gasteiger partial charge in [0, 0.05) is 38.1 Å². The van der Waals surface area contributed by atoms with Gasteiger partial charge in [0.1, 0.15) is 5.41 Å². The third-order valence-electron chi connectivity index (χ3n) is 6.45. The van der Waals surface area contributed by atoms with E-state index in [1.165, 1.54) is 11.1 Å². The Bertz CT molecular complexity index is 870. The van der Waals surface area contributed by atoms with Gasteiger partial charge in [0.2, 0.25) is 0 Å². The van der Waals surface area contributed by atoms with E-state index in [2.05, 4.69) is 34.5 Å². The number of benzene rings is 2. The zero-order valence-corrected chi connectivity index (χ0v) is 17.5. The highest BCUT2D eigenvalue weighted by molar-refractivity contribution is 6.06. The Morgan fingerprint density at radius 2 is 1.77 bits per heavy atom. The first-order chi connectivity index (χ1) is 14.6. The van der Waals surface area contributed by atoms with Crippen molar-refractivity contribution in [1.29, 1.82) is 0 Å². The number of Topliss-reactive ketones (excluding diaryl/α,β-unsaturated/α-hetero) is 1. The SMILES string of the molecule is CCOC(=O)C12CCC(NCc3ccccc3)C(CN(Cc3ccccc3)C1)C2=O. The predicted molar refractivity (Wildman–Crippen MR) is 116 cm³/mol. The van der Waals surface area contributed by atoms with E-state index < -0.39 is 5.41 Å². The second-order valence-corrected chi connectivity index (χ2v) is 8.44. The van der Waals surface area contributed by atoms with Gasteiger partial charge < -0.3 is 10.1 Å². The van der Waals surface area contributed by atoms with Gasteiger partial charge in [-0.3, -0.25) is 14.5 Å². The van der Waals surface area contributed by atoms with Gasteiger partial charge in [-0.1, -0.05) is 60.7 Å². The van der Waals surface area contributed by atoms with Crippen molar-refractivity contribution < 1.29 is 14.3 Å². The standard InChI is InChI=1S/C25H30N2O3/c1-2-30-24(29)25-14-13-22(26-15-19-9-5-3-6-10-19)21(23(25)28)17-27(18-25)16-20-11-7-4-8-12-20/h3-12,21-22,26H,2,13-18H2,1H3. The summed E-state index contributed by atoms with van der Waals surface area (Å²) in [6.07, 6.45) is 1.35. The van der Waals surface area contributed by atoms with Crippen LogP contribution in [0.3, 0.4) is 0 Å². The molecular formula is C25H30N2O3. The third kappa shape index (κ3) is 4.18. The number of carbonyl (C=O) groups is 2. The number of esters is 1. The molecule has 2 bridgehead atoms. The monoisotopic (exact) mass is 406 g/mol. The summed E-state index contributed by atoms with van der Waals surface area (Å²) in [4.78, 5) is 28.7. The summed E-state index contributed by atoms with van der Waals surface area (Å²) < 4.78 is 5.38. The molecule has 2 aliphatic rings. The summed E-state index contributed by atoms with van der Waals surface area (Å²) in [5, 5.41) is 3.60. The van der Waals surface area contributed by atoms with Crippen molar-refractivity contribution >= 4 is 11.8 Å². The molecule has 2 aromatic carbocycles. The van der Waals surface area contributed by atoms with E-state index in [0.29, 0.717) is 26.1 Å². The topological polar surface area (TPSA) is 58.6 Å². The first-order valence-electron chi connectivity index (χ1n) is 10.9. The Morgan fingerprint density at radius 1 is 1.10 bits per heavy atom. The van der Waals surface area contributed by atoms with Crippen molar-refractivity contribution in [1.82, 2.24) is 10.2 Å².